The largest absolute Gasteiger partial charge is 0.497 e. The monoisotopic (exact) mass is 385 g/mol. The predicted octanol–water partition coefficient (Wildman–Crippen LogP) is 3.02. The summed E-state index contributed by atoms with van der Waals surface area (Å²) in [6, 6.07) is 11.6. The van der Waals surface area contributed by atoms with Crippen molar-refractivity contribution < 1.29 is 22.6 Å². The number of nitrogens with one attached hydrogen (secondary N) is 1. The van der Waals surface area contributed by atoms with Gasteiger partial charge in [-0.3, -0.25) is 0 Å². The maximum atomic E-state index is 12.6. The van der Waals surface area contributed by atoms with Crippen LogP contribution in [-0.4, -0.2) is 36.3 Å². The maximum absolute atomic E-state index is 12.6. The van der Waals surface area contributed by atoms with E-state index in [1.54, 1.807) is 24.3 Å². The minimum absolute atomic E-state index is 0.0183. The van der Waals surface area contributed by atoms with Gasteiger partial charge in [0, 0.05) is 30.3 Å². The number of hydrogen-bond acceptors (Lipinski definition) is 5. The molecule has 0 amide bonds. The van der Waals surface area contributed by atoms with Gasteiger partial charge in [0.2, 0.25) is 10.0 Å². The van der Waals surface area contributed by atoms with E-state index in [0.717, 1.165) is 0 Å². The highest BCUT2D eigenvalue weighted by Gasteiger charge is 2.23. The van der Waals surface area contributed by atoms with Crippen LogP contribution < -0.4 is 14.2 Å². The van der Waals surface area contributed by atoms with E-state index < -0.39 is 16.1 Å². The van der Waals surface area contributed by atoms with E-state index >= 15 is 0 Å². The molecule has 6 nitrogen and oxygen atoms in total. The minimum atomic E-state index is -3.81. The van der Waals surface area contributed by atoms with Crippen LogP contribution in [0, 0.1) is 0 Å². The zero-order chi connectivity index (χ0) is 18.4. The number of rotatable bonds is 8. The molecule has 0 radical (unpaired) electrons. The highest BCUT2D eigenvalue weighted by molar-refractivity contribution is 7.89. The van der Waals surface area contributed by atoms with Gasteiger partial charge in [0.25, 0.3) is 0 Å². The Morgan fingerprint density at radius 3 is 2.40 bits per heavy atom. The Hall–Kier alpha value is -1.80. The van der Waals surface area contributed by atoms with Gasteiger partial charge in [0.1, 0.15) is 16.4 Å². The molecule has 8 heteroatoms. The van der Waals surface area contributed by atoms with Crippen molar-refractivity contribution in [2.45, 2.75) is 11.0 Å². The molecule has 2 aromatic rings. The van der Waals surface area contributed by atoms with Crippen LogP contribution in [0.15, 0.2) is 47.4 Å². The lowest BCUT2D eigenvalue weighted by Gasteiger charge is -2.18. The zero-order valence-electron chi connectivity index (χ0n) is 14.2. The number of methoxy groups -OCH3 is 3. The van der Waals surface area contributed by atoms with E-state index in [2.05, 4.69) is 4.72 Å². The molecule has 0 heterocycles. The summed E-state index contributed by atoms with van der Waals surface area (Å²) in [5.41, 5.74) is 0.705. The molecule has 0 aliphatic carbocycles. The Kier molecular flexibility index (Phi) is 6.66. The molecule has 0 fully saturated rings. The molecule has 0 aliphatic rings. The lowest BCUT2D eigenvalue weighted by molar-refractivity contribution is 0.107. The molecular weight excluding hydrogens is 366 g/mol. The van der Waals surface area contributed by atoms with Gasteiger partial charge >= 0.3 is 0 Å². The fraction of sp³-hybridized carbons (Fsp3) is 0.294. The van der Waals surface area contributed by atoms with E-state index in [-0.39, 0.29) is 17.2 Å². The van der Waals surface area contributed by atoms with Crippen LogP contribution in [0.4, 0.5) is 0 Å². The van der Waals surface area contributed by atoms with E-state index in [1.165, 1.54) is 33.5 Å². The van der Waals surface area contributed by atoms with Crippen LogP contribution in [0.25, 0.3) is 0 Å². The van der Waals surface area contributed by atoms with Crippen molar-refractivity contribution in [1.82, 2.24) is 4.72 Å². The number of hydrogen-bond donors (Lipinski definition) is 1. The first-order valence-electron chi connectivity index (χ1n) is 7.42. The van der Waals surface area contributed by atoms with Crippen molar-refractivity contribution in [3.8, 4) is 11.5 Å². The normalized spacial score (nSPS) is 12.6. The van der Waals surface area contributed by atoms with E-state index in [4.69, 9.17) is 25.8 Å². The van der Waals surface area contributed by atoms with Crippen LogP contribution in [0.3, 0.4) is 0 Å². The van der Waals surface area contributed by atoms with Gasteiger partial charge in [-0.15, -0.1) is 0 Å². The Morgan fingerprint density at radius 1 is 1.08 bits per heavy atom. The second kappa shape index (κ2) is 8.53. The van der Waals surface area contributed by atoms with Crippen LogP contribution in [0.2, 0.25) is 5.02 Å². The third kappa shape index (κ3) is 4.64. The van der Waals surface area contributed by atoms with Crippen molar-refractivity contribution in [3.63, 3.8) is 0 Å². The molecule has 0 saturated heterocycles. The third-order valence-electron chi connectivity index (χ3n) is 3.66. The molecule has 1 N–H and O–H groups in total. The molecule has 2 rings (SSSR count). The Balaban J connectivity index is 2.22. The van der Waals surface area contributed by atoms with Crippen LogP contribution in [-0.2, 0) is 14.8 Å². The minimum Gasteiger partial charge on any atom is -0.497 e. The third-order valence-corrected chi connectivity index (χ3v) is 5.46. The maximum Gasteiger partial charge on any atom is 0.244 e. The van der Waals surface area contributed by atoms with Gasteiger partial charge in [-0.25, -0.2) is 13.1 Å². The predicted molar refractivity (Wildman–Crippen MR) is 95.9 cm³/mol. The van der Waals surface area contributed by atoms with Gasteiger partial charge in [0.05, 0.1) is 20.3 Å². The molecule has 0 bridgehead atoms. The van der Waals surface area contributed by atoms with Gasteiger partial charge in [0.15, 0.2) is 0 Å². The van der Waals surface area contributed by atoms with Crippen LogP contribution >= 0.6 is 11.6 Å². The summed E-state index contributed by atoms with van der Waals surface area (Å²) in [5.74, 6) is 0.695. The summed E-state index contributed by atoms with van der Waals surface area (Å²) in [6.45, 7) is 0.0255. The standard InChI is InChI=1S/C17H20ClNO5S/c1-22-12-8-9-17(15(10-12)23-2)25(20,21)19-11-16(24-3)13-6-4-5-7-14(13)18/h4-10,16,19H,11H2,1-3H3. The molecule has 136 valence electrons. The Bertz CT molecular complexity index is 826. The lowest BCUT2D eigenvalue weighted by Crippen LogP contribution is -2.29. The molecule has 25 heavy (non-hydrogen) atoms. The number of benzene rings is 2. The first-order valence-corrected chi connectivity index (χ1v) is 9.28. The second-order valence-electron chi connectivity index (χ2n) is 5.11. The highest BCUT2D eigenvalue weighted by Crippen LogP contribution is 2.29. The molecule has 1 unspecified atom stereocenters. The van der Waals surface area contributed by atoms with Gasteiger partial charge in [-0.2, -0.15) is 0 Å². The first kappa shape index (κ1) is 19.5. The summed E-state index contributed by atoms with van der Waals surface area (Å²) in [5, 5.41) is 0.510. The summed E-state index contributed by atoms with van der Waals surface area (Å²) in [6.07, 6.45) is -0.521. The molecule has 0 spiro atoms. The van der Waals surface area contributed by atoms with Crippen molar-refractivity contribution >= 4 is 21.6 Å². The molecule has 0 aromatic heterocycles. The Labute approximate surface area is 152 Å². The molecule has 0 saturated carbocycles. The molecule has 1 atom stereocenters. The average molecular weight is 386 g/mol. The zero-order valence-corrected chi connectivity index (χ0v) is 15.7. The smallest absolute Gasteiger partial charge is 0.244 e. The van der Waals surface area contributed by atoms with Gasteiger partial charge < -0.3 is 14.2 Å². The fourth-order valence-electron chi connectivity index (χ4n) is 2.32. The highest BCUT2D eigenvalue weighted by atomic mass is 35.5. The topological polar surface area (TPSA) is 73.9 Å². The van der Waals surface area contributed by atoms with Crippen molar-refractivity contribution in [2.24, 2.45) is 0 Å². The molecule has 0 aliphatic heterocycles. The molecular formula is C17H20ClNO5S. The van der Waals surface area contributed by atoms with Gasteiger partial charge in [-0.1, -0.05) is 29.8 Å². The lowest BCUT2D eigenvalue weighted by atomic mass is 10.1. The summed E-state index contributed by atoms with van der Waals surface area (Å²) >= 11 is 6.15. The summed E-state index contributed by atoms with van der Waals surface area (Å²) in [7, 11) is 0.581. The van der Waals surface area contributed by atoms with E-state index in [0.29, 0.717) is 16.3 Å². The van der Waals surface area contributed by atoms with E-state index in [1.807, 2.05) is 6.07 Å². The second-order valence-corrected chi connectivity index (χ2v) is 7.26. The number of halogens is 1. The van der Waals surface area contributed by atoms with Crippen molar-refractivity contribution in [1.29, 1.82) is 0 Å². The van der Waals surface area contributed by atoms with Crippen LogP contribution in [0.1, 0.15) is 11.7 Å². The van der Waals surface area contributed by atoms with Crippen molar-refractivity contribution in [2.75, 3.05) is 27.9 Å². The van der Waals surface area contributed by atoms with Gasteiger partial charge in [-0.05, 0) is 18.2 Å². The average Bonchev–Trinajstić information content (AvgIpc) is 2.62. The number of sulfonamides is 1. The molecule has 2 aromatic carbocycles. The van der Waals surface area contributed by atoms with E-state index in [9.17, 15) is 8.42 Å². The first-order chi connectivity index (χ1) is 11.9. The number of ether oxygens (including phenoxy) is 3. The quantitative estimate of drug-likeness (QED) is 0.756. The fourth-order valence-corrected chi connectivity index (χ4v) is 3.75. The SMILES string of the molecule is COc1ccc(S(=O)(=O)NCC(OC)c2ccccc2Cl)c(OC)c1. The van der Waals surface area contributed by atoms with Crippen LogP contribution in [0.5, 0.6) is 11.5 Å². The Morgan fingerprint density at radius 2 is 1.80 bits per heavy atom. The van der Waals surface area contributed by atoms with Crippen molar-refractivity contribution in [3.05, 3.63) is 53.1 Å². The summed E-state index contributed by atoms with van der Waals surface area (Å²) < 4.78 is 43.4. The summed E-state index contributed by atoms with van der Waals surface area (Å²) in [4.78, 5) is 0.0183.